The smallest absolute Gasteiger partial charge is 0.326 e. The van der Waals surface area contributed by atoms with Gasteiger partial charge in [-0.15, -0.1) is 0 Å². The largest absolute Gasteiger partial charge is 0.480 e. The number of hydrogen-bond acceptors (Lipinski definition) is 2. The minimum Gasteiger partial charge on any atom is -0.480 e. The number of likely N-dealkylation sites (tertiary alicyclic amines) is 1. The first-order valence-electron chi connectivity index (χ1n) is 6.00. The number of carboxylic acids is 1. The summed E-state index contributed by atoms with van der Waals surface area (Å²) in [5, 5.41) is 9.16. The van der Waals surface area contributed by atoms with Gasteiger partial charge in [-0.3, -0.25) is 4.79 Å². The molecular formula is C12H21NO3. The van der Waals surface area contributed by atoms with E-state index >= 15 is 0 Å². The van der Waals surface area contributed by atoms with Gasteiger partial charge in [0.2, 0.25) is 5.91 Å². The molecule has 0 aliphatic carbocycles. The van der Waals surface area contributed by atoms with E-state index in [0.29, 0.717) is 18.9 Å². The number of rotatable bonds is 3. The zero-order valence-corrected chi connectivity index (χ0v) is 10.3. The van der Waals surface area contributed by atoms with Crippen LogP contribution in [-0.4, -0.2) is 34.5 Å². The van der Waals surface area contributed by atoms with Crippen molar-refractivity contribution >= 4 is 11.9 Å². The fraction of sp³-hybridized carbons (Fsp3) is 0.833. The third kappa shape index (κ3) is 2.74. The Kier molecular flexibility index (Phi) is 4.33. The number of carboxylic acid groups (broad SMARTS) is 1. The molecule has 1 amide bonds. The van der Waals surface area contributed by atoms with E-state index in [2.05, 4.69) is 6.92 Å². The number of aliphatic carboxylic acids is 1. The predicted molar refractivity (Wildman–Crippen MR) is 61.0 cm³/mol. The Hall–Kier alpha value is -1.06. The molecule has 0 aromatic heterocycles. The monoisotopic (exact) mass is 227 g/mol. The quantitative estimate of drug-likeness (QED) is 0.799. The lowest BCUT2D eigenvalue weighted by atomic mass is 9.88. The van der Waals surface area contributed by atoms with Crippen LogP contribution in [0.1, 0.15) is 40.0 Å². The Morgan fingerprint density at radius 3 is 2.50 bits per heavy atom. The fourth-order valence-corrected chi connectivity index (χ4v) is 2.24. The lowest BCUT2D eigenvalue weighted by Gasteiger charge is -2.37. The van der Waals surface area contributed by atoms with Crippen LogP contribution in [0, 0.1) is 11.8 Å². The van der Waals surface area contributed by atoms with Gasteiger partial charge < -0.3 is 10.0 Å². The van der Waals surface area contributed by atoms with Gasteiger partial charge in [-0.25, -0.2) is 4.79 Å². The lowest BCUT2D eigenvalue weighted by Crippen LogP contribution is -2.51. The summed E-state index contributed by atoms with van der Waals surface area (Å²) in [6.45, 7) is 6.29. The van der Waals surface area contributed by atoms with Crippen LogP contribution in [0.15, 0.2) is 0 Å². The standard InChI is InChI=1S/C12H21NO3/c1-4-9-5-6-13(11(14)8(2)3)10(7-9)12(15)16/h8-10H,4-7H2,1-3H3,(H,15,16). The van der Waals surface area contributed by atoms with Gasteiger partial charge in [0.25, 0.3) is 0 Å². The minimum absolute atomic E-state index is 0.0399. The van der Waals surface area contributed by atoms with Crippen molar-refractivity contribution in [2.75, 3.05) is 6.54 Å². The molecule has 4 nitrogen and oxygen atoms in total. The molecule has 1 N–H and O–H groups in total. The number of carbonyl (C=O) groups excluding carboxylic acids is 1. The first-order chi connectivity index (χ1) is 7.47. The van der Waals surface area contributed by atoms with Crippen LogP contribution in [0.2, 0.25) is 0 Å². The summed E-state index contributed by atoms with van der Waals surface area (Å²) in [6, 6.07) is -0.617. The molecule has 0 aromatic rings. The maximum absolute atomic E-state index is 11.9. The molecule has 1 aliphatic heterocycles. The topological polar surface area (TPSA) is 57.6 Å². The van der Waals surface area contributed by atoms with E-state index in [9.17, 15) is 9.59 Å². The van der Waals surface area contributed by atoms with Crippen LogP contribution in [-0.2, 0) is 9.59 Å². The van der Waals surface area contributed by atoms with Gasteiger partial charge >= 0.3 is 5.97 Å². The molecule has 1 heterocycles. The highest BCUT2D eigenvalue weighted by Gasteiger charge is 2.36. The normalized spacial score (nSPS) is 25.9. The SMILES string of the molecule is CCC1CCN(C(=O)C(C)C)C(C(=O)O)C1. The van der Waals surface area contributed by atoms with Crippen LogP contribution in [0.5, 0.6) is 0 Å². The first kappa shape index (κ1) is 13.0. The third-order valence-corrected chi connectivity index (χ3v) is 3.35. The lowest BCUT2D eigenvalue weighted by molar-refractivity contribution is -0.154. The molecule has 92 valence electrons. The zero-order valence-electron chi connectivity index (χ0n) is 10.3. The Morgan fingerprint density at radius 2 is 2.06 bits per heavy atom. The molecule has 1 aliphatic rings. The molecule has 1 saturated heterocycles. The van der Waals surface area contributed by atoms with Crippen molar-refractivity contribution in [2.45, 2.75) is 46.1 Å². The molecule has 4 heteroatoms. The van der Waals surface area contributed by atoms with Gasteiger partial charge in [0.1, 0.15) is 6.04 Å². The average Bonchev–Trinajstić information content (AvgIpc) is 2.26. The molecule has 2 atom stereocenters. The number of nitrogens with zero attached hydrogens (tertiary/aromatic N) is 1. The summed E-state index contributed by atoms with van der Waals surface area (Å²) < 4.78 is 0. The number of amides is 1. The van der Waals surface area contributed by atoms with E-state index in [-0.39, 0.29) is 11.8 Å². The van der Waals surface area contributed by atoms with Crippen molar-refractivity contribution in [3.8, 4) is 0 Å². The highest BCUT2D eigenvalue weighted by atomic mass is 16.4. The van der Waals surface area contributed by atoms with E-state index in [4.69, 9.17) is 5.11 Å². The minimum atomic E-state index is -0.868. The second-order valence-corrected chi connectivity index (χ2v) is 4.84. The summed E-state index contributed by atoms with van der Waals surface area (Å²) >= 11 is 0. The van der Waals surface area contributed by atoms with Crippen molar-refractivity contribution in [1.29, 1.82) is 0 Å². The van der Waals surface area contributed by atoms with Crippen LogP contribution in [0.25, 0.3) is 0 Å². The van der Waals surface area contributed by atoms with Crippen LogP contribution in [0.3, 0.4) is 0 Å². The number of piperidine rings is 1. The Bertz CT molecular complexity index is 275. The molecule has 2 unspecified atom stereocenters. The summed E-state index contributed by atoms with van der Waals surface area (Å²) in [5.41, 5.74) is 0. The molecule has 0 spiro atoms. The fourth-order valence-electron chi connectivity index (χ4n) is 2.24. The Morgan fingerprint density at radius 1 is 1.44 bits per heavy atom. The number of hydrogen-bond donors (Lipinski definition) is 1. The zero-order chi connectivity index (χ0) is 12.3. The first-order valence-corrected chi connectivity index (χ1v) is 6.00. The van der Waals surface area contributed by atoms with Crippen molar-refractivity contribution in [1.82, 2.24) is 4.90 Å². The van der Waals surface area contributed by atoms with Crippen LogP contribution >= 0.6 is 0 Å². The van der Waals surface area contributed by atoms with E-state index in [0.717, 1.165) is 12.8 Å². The molecule has 1 fully saturated rings. The van der Waals surface area contributed by atoms with Gasteiger partial charge in [-0.1, -0.05) is 27.2 Å². The highest BCUT2D eigenvalue weighted by molar-refractivity contribution is 5.84. The molecular weight excluding hydrogens is 206 g/mol. The summed E-state index contributed by atoms with van der Waals surface area (Å²) in [6.07, 6.45) is 2.52. The van der Waals surface area contributed by atoms with Gasteiger partial charge in [0.15, 0.2) is 0 Å². The van der Waals surface area contributed by atoms with Gasteiger partial charge in [0.05, 0.1) is 0 Å². The molecule has 0 aromatic carbocycles. The summed E-state index contributed by atoms with van der Waals surface area (Å²) in [5.74, 6) is -0.591. The van der Waals surface area contributed by atoms with E-state index in [1.165, 1.54) is 0 Å². The summed E-state index contributed by atoms with van der Waals surface area (Å²) in [7, 11) is 0. The third-order valence-electron chi connectivity index (χ3n) is 3.35. The van der Waals surface area contributed by atoms with Crippen LogP contribution in [0.4, 0.5) is 0 Å². The van der Waals surface area contributed by atoms with Crippen molar-refractivity contribution in [2.24, 2.45) is 11.8 Å². The van der Waals surface area contributed by atoms with Crippen molar-refractivity contribution < 1.29 is 14.7 Å². The van der Waals surface area contributed by atoms with Gasteiger partial charge in [-0.05, 0) is 18.8 Å². The Labute approximate surface area is 96.6 Å². The van der Waals surface area contributed by atoms with Crippen molar-refractivity contribution in [3.63, 3.8) is 0 Å². The maximum Gasteiger partial charge on any atom is 0.326 e. The van der Waals surface area contributed by atoms with Gasteiger partial charge in [-0.2, -0.15) is 0 Å². The number of carbonyl (C=O) groups is 2. The second-order valence-electron chi connectivity index (χ2n) is 4.84. The van der Waals surface area contributed by atoms with Gasteiger partial charge in [0, 0.05) is 12.5 Å². The molecule has 0 bridgehead atoms. The predicted octanol–water partition coefficient (Wildman–Crippen LogP) is 1.74. The van der Waals surface area contributed by atoms with E-state index in [1.54, 1.807) is 4.90 Å². The maximum atomic E-state index is 11.9. The highest BCUT2D eigenvalue weighted by Crippen LogP contribution is 2.26. The van der Waals surface area contributed by atoms with E-state index in [1.807, 2.05) is 13.8 Å². The average molecular weight is 227 g/mol. The van der Waals surface area contributed by atoms with E-state index < -0.39 is 12.0 Å². The molecule has 1 rings (SSSR count). The second kappa shape index (κ2) is 5.32. The molecule has 0 radical (unpaired) electrons. The molecule has 16 heavy (non-hydrogen) atoms. The summed E-state index contributed by atoms with van der Waals surface area (Å²) in [4.78, 5) is 24.6. The van der Waals surface area contributed by atoms with Crippen molar-refractivity contribution in [3.05, 3.63) is 0 Å². The van der Waals surface area contributed by atoms with Crippen LogP contribution < -0.4 is 0 Å². The Balaban J connectivity index is 2.76. The molecule has 0 saturated carbocycles.